The molecular weight excluding hydrogens is 604 g/mol. The number of allylic oxidation sites excluding steroid dienone is 2. The molecule has 0 amide bonds. The van der Waals surface area contributed by atoms with Crippen molar-refractivity contribution in [2.45, 2.75) is 143 Å². The molecule has 270 valence electrons. The van der Waals surface area contributed by atoms with Crippen LogP contribution in [0.1, 0.15) is 143 Å². The Hall–Kier alpha value is -2.62. The van der Waals surface area contributed by atoms with Crippen molar-refractivity contribution in [1.29, 1.82) is 0 Å². The van der Waals surface area contributed by atoms with E-state index in [2.05, 4.69) is 47.3 Å². The maximum atomic E-state index is 12.9. The van der Waals surface area contributed by atoms with Crippen molar-refractivity contribution in [1.82, 2.24) is 0 Å². The van der Waals surface area contributed by atoms with E-state index in [1.807, 2.05) is 30.3 Å². The van der Waals surface area contributed by atoms with Gasteiger partial charge in [-0.25, -0.2) is 4.79 Å². The van der Waals surface area contributed by atoms with Gasteiger partial charge in [0.1, 0.15) is 11.9 Å². The van der Waals surface area contributed by atoms with E-state index in [0.29, 0.717) is 18.4 Å². The Morgan fingerprint density at radius 1 is 0.918 bits per heavy atom. The lowest BCUT2D eigenvalue weighted by Crippen LogP contribution is -2.51. The molecule has 3 saturated carbocycles. The number of carbonyl (C=O) groups excluding carboxylic acids is 2. The average Bonchev–Trinajstić information content (AvgIpc) is 3.44. The van der Waals surface area contributed by atoms with E-state index in [0.717, 1.165) is 91.8 Å². The minimum Gasteiger partial charge on any atom is -0.494 e. The first-order chi connectivity index (χ1) is 23.5. The van der Waals surface area contributed by atoms with Gasteiger partial charge < -0.3 is 9.47 Å². The molecule has 8 atom stereocenters. The summed E-state index contributed by atoms with van der Waals surface area (Å²) in [6, 6.07) is 7.86. The fourth-order valence-electron chi connectivity index (χ4n) is 10.8. The van der Waals surface area contributed by atoms with Gasteiger partial charge in [-0.05, 0) is 134 Å². The standard InChI is InChI=1S/C45H66O4/c1-7-36(46)15-10-8-9-11-30-48-37-20-16-34(17-21-37)18-25-43(47)49-38-26-28-44(5)35(31-38)19-22-39-41-24-23-40(33(4)14-12-13-32(2)3)45(41,6)29-27-42(39)44/h7,16-21,25,32-33,38-42H,1,8-15,22-24,26-31H2,2-6H3/b25-18+/t33-,38?,39+,40-,41+,42+,44+,45-/m1/s1. The van der Waals surface area contributed by atoms with Gasteiger partial charge in [0.25, 0.3) is 0 Å². The summed E-state index contributed by atoms with van der Waals surface area (Å²) in [5.41, 5.74) is 3.30. The molecule has 4 heteroatoms. The molecule has 49 heavy (non-hydrogen) atoms. The summed E-state index contributed by atoms with van der Waals surface area (Å²) in [7, 11) is 0. The van der Waals surface area contributed by atoms with Crippen LogP contribution in [0.25, 0.3) is 6.08 Å². The van der Waals surface area contributed by atoms with Crippen LogP contribution in [0.2, 0.25) is 0 Å². The molecule has 0 aromatic heterocycles. The SMILES string of the molecule is C=CC(=O)CCCCCCOc1ccc(/C=C/C(=O)OC2CC[C@@]3(C)C(=CC[C@H]4[C@@H]5CC[C@H]([C@H](C)CCCC(C)C)[C@@]5(C)CC[C@@H]43)C2)cc1. The maximum absolute atomic E-state index is 12.9. The van der Waals surface area contributed by atoms with Gasteiger partial charge in [0, 0.05) is 18.9 Å². The Morgan fingerprint density at radius 3 is 2.45 bits per heavy atom. The fourth-order valence-corrected chi connectivity index (χ4v) is 10.8. The van der Waals surface area contributed by atoms with Crippen LogP contribution >= 0.6 is 0 Å². The van der Waals surface area contributed by atoms with Gasteiger partial charge in [0.05, 0.1) is 6.61 Å². The number of unbranched alkanes of at least 4 members (excludes halogenated alkanes) is 3. The summed E-state index contributed by atoms with van der Waals surface area (Å²) in [6.45, 7) is 16.7. The largest absolute Gasteiger partial charge is 0.494 e. The number of rotatable bonds is 17. The van der Waals surface area contributed by atoms with E-state index in [-0.39, 0.29) is 23.3 Å². The quantitative estimate of drug-likeness (QED) is 0.0716. The van der Waals surface area contributed by atoms with E-state index in [4.69, 9.17) is 9.47 Å². The van der Waals surface area contributed by atoms with Gasteiger partial charge in [0.15, 0.2) is 5.78 Å². The molecule has 0 radical (unpaired) electrons. The van der Waals surface area contributed by atoms with Crippen molar-refractivity contribution >= 4 is 17.8 Å². The summed E-state index contributed by atoms with van der Waals surface area (Å²) in [6.07, 6.45) is 26.0. The van der Waals surface area contributed by atoms with Crippen LogP contribution in [0.5, 0.6) is 5.75 Å². The lowest BCUT2D eigenvalue weighted by molar-refractivity contribution is -0.145. The lowest BCUT2D eigenvalue weighted by Gasteiger charge is -2.58. The first kappa shape index (κ1) is 37.6. The van der Waals surface area contributed by atoms with Crippen LogP contribution in [-0.4, -0.2) is 24.5 Å². The Bertz CT molecular complexity index is 1320. The van der Waals surface area contributed by atoms with Crippen LogP contribution in [0.4, 0.5) is 0 Å². The first-order valence-electron chi connectivity index (χ1n) is 20.0. The molecule has 4 aliphatic carbocycles. The van der Waals surface area contributed by atoms with Crippen LogP contribution in [0, 0.1) is 46.3 Å². The summed E-state index contributed by atoms with van der Waals surface area (Å²) in [5, 5.41) is 0. The van der Waals surface area contributed by atoms with Crippen LogP contribution in [0.15, 0.2) is 54.6 Å². The van der Waals surface area contributed by atoms with Crippen molar-refractivity contribution in [2.24, 2.45) is 46.3 Å². The summed E-state index contributed by atoms with van der Waals surface area (Å²) >= 11 is 0. The van der Waals surface area contributed by atoms with E-state index >= 15 is 0 Å². The van der Waals surface area contributed by atoms with Crippen molar-refractivity contribution in [3.8, 4) is 5.75 Å². The predicted molar refractivity (Wildman–Crippen MR) is 202 cm³/mol. The smallest absolute Gasteiger partial charge is 0.331 e. The Balaban J connectivity index is 1.07. The van der Waals surface area contributed by atoms with E-state index < -0.39 is 0 Å². The number of carbonyl (C=O) groups is 2. The van der Waals surface area contributed by atoms with E-state index in [1.165, 1.54) is 57.4 Å². The Morgan fingerprint density at radius 2 is 1.69 bits per heavy atom. The highest BCUT2D eigenvalue weighted by atomic mass is 16.5. The molecule has 0 heterocycles. The summed E-state index contributed by atoms with van der Waals surface area (Å²) in [5.74, 6) is 5.75. The minimum absolute atomic E-state index is 0.0253. The second-order valence-electron chi connectivity index (χ2n) is 17.2. The molecule has 4 nitrogen and oxygen atoms in total. The Labute approximate surface area is 298 Å². The monoisotopic (exact) mass is 670 g/mol. The maximum Gasteiger partial charge on any atom is 0.331 e. The summed E-state index contributed by atoms with van der Waals surface area (Å²) in [4.78, 5) is 24.2. The molecule has 0 spiro atoms. The van der Waals surface area contributed by atoms with E-state index in [9.17, 15) is 9.59 Å². The number of esters is 1. The van der Waals surface area contributed by atoms with E-state index in [1.54, 1.807) is 11.6 Å². The highest BCUT2D eigenvalue weighted by molar-refractivity contribution is 5.89. The van der Waals surface area contributed by atoms with Crippen LogP contribution in [-0.2, 0) is 14.3 Å². The lowest BCUT2D eigenvalue weighted by atomic mass is 9.47. The third kappa shape index (κ3) is 9.19. The second kappa shape index (κ2) is 17.1. The first-order valence-corrected chi connectivity index (χ1v) is 20.0. The third-order valence-corrected chi connectivity index (χ3v) is 13.6. The topological polar surface area (TPSA) is 52.6 Å². The zero-order chi connectivity index (χ0) is 35.0. The third-order valence-electron chi connectivity index (χ3n) is 13.6. The Kier molecular flexibility index (Phi) is 13.1. The molecule has 5 rings (SSSR count). The number of fused-ring (bicyclic) bond motifs is 5. The molecule has 0 N–H and O–H groups in total. The number of benzene rings is 1. The molecule has 4 aliphatic rings. The molecule has 0 bridgehead atoms. The van der Waals surface area contributed by atoms with Crippen molar-refractivity contribution < 1.29 is 19.1 Å². The molecule has 1 aromatic carbocycles. The van der Waals surface area contributed by atoms with Crippen LogP contribution < -0.4 is 4.74 Å². The van der Waals surface area contributed by atoms with Gasteiger partial charge in [-0.2, -0.15) is 0 Å². The summed E-state index contributed by atoms with van der Waals surface area (Å²) < 4.78 is 11.9. The minimum atomic E-state index is -0.244. The number of hydrogen-bond acceptors (Lipinski definition) is 4. The van der Waals surface area contributed by atoms with Crippen molar-refractivity contribution in [2.75, 3.05) is 6.61 Å². The normalized spacial score (nSPS) is 31.4. The molecule has 1 unspecified atom stereocenters. The number of hydrogen-bond donors (Lipinski definition) is 0. The van der Waals surface area contributed by atoms with Gasteiger partial charge in [-0.15, -0.1) is 0 Å². The zero-order valence-electron chi connectivity index (χ0n) is 31.5. The molecule has 1 aromatic rings. The van der Waals surface area contributed by atoms with Gasteiger partial charge in [-0.1, -0.05) is 97.1 Å². The fraction of sp³-hybridized carbons (Fsp3) is 0.689. The molecular formula is C45H66O4. The molecule has 0 aliphatic heterocycles. The zero-order valence-corrected chi connectivity index (χ0v) is 31.5. The highest BCUT2D eigenvalue weighted by Gasteiger charge is 2.59. The van der Waals surface area contributed by atoms with Gasteiger partial charge >= 0.3 is 5.97 Å². The van der Waals surface area contributed by atoms with Crippen molar-refractivity contribution in [3.63, 3.8) is 0 Å². The molecule has 0 saturated heterocycles. The average molecular weight is 671 g/mol. The second-order valence-corrected chi connectivity index (χ2v) is 17.2. The number of ketones is 1. The molecule has 3 fully saturated rings. The van der Waals surface area contributed by atoms with Gasteiger partial charge in [-0.3, -0.25) is 4.79 Å². The highest BCUT2D eigenvalue weighted by Crippen LogP contribution is 2.67. The van der Waals surface area contributed by atoms with Gasteiger partial charge in [0.2, 0.25) is 0 Å². The van der Waals surface area contributed by atoms with Crippen LogP contribution in [0.3, 0.4) is 0 Å². The predicted octanol–water partition coefficient (Wildman–Crippen LogP) is 11.7. The number of ether oxygens (including phenoxy) is 2. The van der Waals surface area contributed by atoms with Crippen molar-refractivity contribution in [3.05, 3.63) is 60.2 Å².